The molecule has 1 atom stereocenters. The lowest BCUT2D eigenvalue weighted by molar-refractivity contribution is 0.988. The molecule has 0 aromatic heterocycles. The highest BCUT2D eigenvalue weighted by Crippen LogP contribution is 2.25. The van der Waals surface area contributed by atoms with Crippen LogP contribution in [0.25, 0.3) is 6.08 Å². The Labute approximate surface area is 73.1 Å². The van der Waals surface area contributed by atoms with Crippen LogP contribution in [0.4, 0.5) is 5.69 Å². The number of benzene rings is 1. The fourth-order valence-electron chi connectivity index (χ4n) is 1.55. The summed E-state index contributed by atoms with van der Waals surface area (Å²) in [5, 5.41) is 3.44. The maximum Gasteiger partial charge on any atom is 0.0447 e. The first-order chi connectivity index (χ1) is 5.77. The second kappa shape index (κ2) is 2.67. The number of fused-ring (bicyclic) bond motifs is 1. The normalized spacial score (nSPS) is 20.0. The summed E-state index contributed by atoms with van der Waals surface area (Å²) in [6, 6.07) is 6.82. The van der Waals surface area contributed by atoms with Crippen molar-refractivity contribution in [3.63, 3.8) is 0 Å². The lowest BCUT2D eigenvalue weighted by Gasteiger charge is -2.20. The Balaban J connectivity index is 2.53. The van der Waals surface area contributed by atoms with E-state index in [1.54, 1.807) is 0 Å². The Morgan fingerprint density at radius 2 is 2.17 bits per heavy atom. The third-order valence-electron chi connectivity index (χ3n) is 2.24. The van der Waals surface area contributed by atoms with Gasteiger partial charge in [-0.3, -0.25) is 0 Å². The summed E-state index contributed by atoms with van der Waals surface area (Å²) in [7, 11) is 0. The minimum Gasteiger partial charge on any atom is -0.378 e. The van der Waals surface area contributed by atoms with Gasteiger partial charge in [-0.2, -0.15) is 0 Å². The van der Waals surface area contributed by atoms with Gasteiger partial charge in [-0.25, -0.2) is 0 Å². The largest absolute Gasteiger partial charge is 0.378 e. The monoisotopic (exact) mass is 159 g/mol. The minimum atomic E-state index is 0.457. The van der Waals surface area contributed by atoms with Crippen LogP contribution in [0, 0.1) is 6.92 Å². The molecule has 1 N–H and O–H groups in total. The molecule has 1 aliphatic heterocycles. The van der Waals surface area contributed by atoms with Gasteiger partial charge in [0.15, 0.2) is 0 Å². The van der Waals surface area contributed by atoms with Crippen LogP contribution in [-0.4, -0.2) is 6.04 Å². The molecule has 0 saturated heterocycles. The van der Waals surface area contributed by atoms with E-state index < -0.39 is 0 Å². The van der Waals surface area contributed by atoms with Gasteiger partial charge in [0.05, 0.1) is 0 Å². The Bertz CT molecular complexity index is 326. The molecule has 62 valence electrons. The molecule has 0 aliphatic carbocycles. The topological polar surface area (TPSA) is 12.0 Å². The highest BCUT2D eigenvalue weighted by Gasteiger charge is 2.09. The summed E-state index contributed by atoms with van der Waals surface area (Å²) in [6.07, 6.45) is 4.37. The van der Waals surface area contributed by atoms with Crippen LogP contribution in [0.5, 0.6) is 0 Å². The van der Waals surface area contributed by atoms with E-state index in [9.17, 15) is 0 Å². The van der Waals surface area contributed by atoms with Crippen LogP contribution < -0.4 is 5.32 Å². The van der Waals surface area contributed by atoms with Crippen molar-refractivity contribution in [1.82, 2.24) is 0 Å². The van der Waals surface area contributed by atoms with Gasteiger partial charge in [-0.1, -0.05) is 30.4 Å². The zero-order valence-electron chi connectivity index (χ0n) is 7.46. The lowest BCUT2D eigenvalue weighted by Crippen LogP contribution is -2.16. The predicted octanol–water partition coefficient (Wildman–Crippen LogP) is 2.82. The van der Waals surface area contributed by atoms with E-state index in [4.69, 9.17) is 0 Å². The number of hydrogen-bond donors (Lipinski definition) is 1. The molecule has 1 heteroatoms. The van der Waals surface area contributed by atoms with E-state index in [2.05, 4.69) is 49.5 Å². The van der Waals surface area contributed by atoms with E-state index in [1.807, 2.05) is 0 Å². The second-order valence-electron chi connectivity index (χ2n) is 3.33. The van der Waals surface area contributed by atoms with Crippen LogP contribution in [0.3, 0.4) is 0 Å². The van der Waals surface area contributed by atoms with Crippen LogP contribution in [0.1, 0.15) is 18.1 Å². The summed E-state index contributed by atoms with van der Waals surface area (Å²) in [5.41, 5.74) is 3.91. The molecule has 0 radical (unpaired) electrons. The molecule has 2 rings (SSSR count). The standard InChI is InChI=1S/C11H13N/c1-8-4-3-5-10-7-6-9(2)12-11(8)10/h3-7,9,12H,1-2H3. The number of anilines is 1. The maximum atomic E-state index is 3.44. The summed E-state index contributed by atoms with van der Waals surface area (Å²) < 4.78 is 0. The van der Waals surface area contributed by atoms with Gasteiger partial charge in [0.1, 0.15) is 0 Å². The Morgan fingerprint density at radius 1 is 1.33 bits per heavy atom. The van der Waals surface area contributed by atoms with Crippen LogP contribution in [-0.2, 0) is 0 Å². The second-order valence-corrected chi connectivity index (χ2v) is 3.33. The van der Waals surface area contributed by atoms with Crippen molar-refractivity contribution in [3.05, 3.63) is 35.4 Å². The van der Waals surface area contributed by atoms with Gasteiger partial charge in [0, 0.05) is 11.7 Å². The SMILES string of the molecule is Cc1cccc2c1NC(C)C=C2. The molecule has 12 heavy (non-hydrogen) atoms. The molecule has 0 spiro atoms. The zero-order valence-corrected chi connectivity index (χ0v) is 7.46. The molecule has 1 aromatic rings. The molecule has 0 amide bonds. The molecule has 1 nitrogen and oxygen atoms in total. The van der Waals surface area contributed by atoms with Gasteiger partial charge in [-0.05, 0) is 25.0 Å². The van der Waals surface area contributed by atoms with Crippen LogP contribution in [0.2, 0.25) is 0 Å². The maximum absolute atomic E-state index is 3.44. The first kappa shape index (κ1) is 7.41. The first-order valence-corrected chi connectivity index (χ1v) is 4.32. The van der Waals surface area contributed by atoms with Gasteiger partial charge in [-0.15, -0.1) is 0 Å². The van der Waals surface area contributed by atoms with E-state index >= 15 is 0 Å². The van der Waals surface area contributed by atoms with E-state index in [0.29, 0.717) is 6.04 Å². The number of nitrogens with one attached hydrogen (secondary N) is 1. The van der Waals surface area contributed by atoms with Gasteiger partial charge in [0.25, 0.3) is 0 Å². The van der Waals surface area contributed by atoms with Crippen molar-refractivity contribution < 1.29 is 0 Å². The molecular formula is C11H13N. The van der Waals surface area contributed by atoms with Crippen LogP contribution >= 0.6 is 0 Å². The number of aryl methyl sites for hydroxylation is 1. The molecular weight excluding hydrogens is 146 g/mol. The molecule has 1 heterocycles. The molecule has 1 unspecified atom stereocenters. The average molecular weight is 159 g/mol. The fraction of sp³-hybridized carbons (Fsp3) is 0.273. The van der Waals surface area contributed by atoms with Crippen molar-refractivity contribution in [2.45, 2.75) is 19.9 Å². The molecule has 0 bridgehead atoms. The van der Waals surface area contributed by atoms with Crippen molar-refractivity contribution in [2.24, 2.45) is 0 Å². The zero-order chi connectivity index (χ0) is 8.55. The highest BCUT2D eigenvalue weighted by atomic mass is 14.9. The number of hydrogen-bond acceptors (Lipinski definition) is 1. The quantitative estimate of drug-likeness (QED) is 0.613. The van der Waals surface area contributed by atoms with Crippen molar-refractivity contribution in [3.8, 4) is 0 Å². The van der Waals surface area contributed by atoms with E-state index in [-0.39, 0.29) is 0 Å². The van der Waals surface area contributed by atoms with Crippen molar-refractivity contribution in [1.29, 1.82) is 0 Å². The Kier molecular flexibility index (Phi) is 1.65. The van der Waals surface area contributed by atoms with Gasteiger partial charge < -0.3 is 5.32 Å². The number of para-hydroxylation sites is 1. The van der Waals surface area contributed by atoms with Gasteiger partial charge >= 0.3 is 0 Å². The molecule has 1 aliphatic rings. The van der Waals surface area contributed by atoms with Crippen molar-refractivity contribution in [2.75, 3.05) is 5.32 Å². The minimum absolute atomic E-state index is 0.457. The van der Waals surface area contributed by atoms with Crippen LogP contribution in [0.15, 0.2) is 24.3 Å². The van der Waals surface area contributed by atoms with E-state index in [1.165, 1.54) is 16.8 Å². The first-order valence-electron chi connectivity index (χ1n) is 4.32. The highest BCUT2D eigenvalue weighted by molar-refractivity contribution is 5.73. The molecule has 1 aromatic carbocycles. The smallest absolute Gasteiger partial charge is 0.0447 e. The third-order valence-corrected chi connectivity index (χ3v) is 2.24. The summed E-state index contributed by atoms with van der Waals surface area (Å²) in [4.78, 5) is 0. The summed E-state index contributed by atoms with van der Waals surface area (Å²) in [5.74, 6) is 0. The average Bonchev–Trinajstić information content (AvgIpc) is 2.07. The predicted molar refractivity (Wildman–Crippen MR) is 53.3 cm³/mol. The fourth-order valence-corrected chi connectivity index (χ4v) is 1.55. The number of rotatable bonds is 0. The van der Waals surface area contributed by atoms with E-state index in [0.717, 1.165) is 0 Å². The summed E-state index contributed by atoms with van der Waals surface area (Å²) >= 11 is 0. The van der Waals surface area contributed by atoms with Crippen molar-refractivity contribution >= 4 is 11.8 Å². The van der Waals surface area contributed by atoms with Gasteiger partial charge in [0.2, 0.25) is 0 Å². The molecule has 0 saturated carbocycles. The third kappa shape index (κ3) is 1.11. The molecule has 0 fully saturated rings. The Hall–Kier alpha value is -1.24. The summed E-state index contributed by atoms with van der Waals surface area (Å²) in [6.45, 7) is 4.30. The Morgan fingerprint density at radius 3 is 3.00 bits per heavy atom. The lowest BCUT2D eigenvalue weighted by atomic mass is 10.0.